The number of carbonyl (C=O) groups excluding carboxylic acids is 2. The van der Waals surface area contributed by atoms with Gasteiger partial charge < -0.3 is 15.1 Å². The lowest BCUT2D eigenvalue weighted by atomic mass is 10.2. The quantitative estimate of drug-likeness (QED) is 0.795. The highest BCUT2D eigenvalue weighted by atomic mass is 19.4. The minimum atomic E-state index is -4.47. The van der Waals surface area contributed by atoms with Crippen molar-refractivity contribution in [1.82, 2.24) is 10.2 Å². The Labute approximate surface area is 148 Å². The van der Waals surface area contributed by atoms with E-state index in [9.17, 15) is 22.8 Å². The molecule has 1 aromatic carbocycles. The van der Waals surface area contributed by atoms with E-state index in [1.54, 1.807) is 26.2 Å². The molecule has 2 amide bonds. The van der Waals surface area contributed by atoms with Crippen molar-refractivity contribution in [2.75, 3.05) is 26.0 Å². The van der Waals surface area contributed by atoms with Crippen LogP contribution in [0, 0.1) is 0 Å². The first-order valence-electron chi connectivity index (χ1n) is 7.64. The predicted molar refractivity (Wildman–Crippen MR) is 88.2 cm³/mol. The van der Waals surface area contributed by atoms with Crippen molar-refractivity contribution in [3.8, 4) is 0 Å². The van der Waals surface area contributed by atoms with Crippen molar-refractivity contribution in [3.63, 3.8) is 0 Å². The number of anilines is 1. The summed E-state index contributed by atoms with van der Waals surface area (Å²) in [6, 6.07) is 7.01. The van der Waals surface area contributed by atoms with Gasteiger partial charge in [0.05, 0.1) is 17.9 Å². The molecule has 6 nitrogen and oxygen atoms in total. The minimum absolute atomic E-state index is 0.0911. The zero-order chi connectivity index (χ0) is 19.3. The first kappa shape index (κ1) is 19.5. The van der Waals surface area contributed by atoms with Crippen molar-refractivity contribution in [1.29, 1.82) is 0 Å². The molecule has 1 atom stereocenters. The van der Waals surface area contributed by atoms with Crippen LogP contribution in [-0.2, 0) is 15.8 Å². The van der Waals surface area contributed by atoms with E-state index < -0.39 is 23.6 Å². The van der Waals surface area contributed by atoms with Gasteiger partial charge in [0.15, 0.2) is 0 Å². The summed E-state index contributed by atoms with van der Waals surface area (Å²) in [5, 5.41) is 4.73. The van der Waals surface area contributed by atoms with Crippen molar-refractivity contribution in [2.45, 2.75) is 12.2 Å². The Morgan fingerprint density at radius 2 is 1.77 bits per heavy atom. The van der Waals surface area contributed by atoms with Crippen LogP contribution in [0.2, 0.25) is 0 Å². The first-order chi connectivity index (χ1) is 12.2. The first-order valence-corrected chi connectivity index (χ1v) is 7.64. The van der Waals surface area contributed by atoms with Crippen LogP contribution in [-0.4, -0.2) is 37.4 Å². The largest absolute Gasteiger partial charge is 0.468 e. The lowest BCUT2D eigenvalue weighted by Crippen LogP contribution is -2.40. The van der Waals surface area contributed by atoms with E-state index in [4.69, 9.17) is 4.42 Å². The number of alkyl halides is 3. The van der Waals surface area contributed by atoms with Crippen LogP contribution in [0.5, 0.6) is 0 Å². The van der Waals surface area contributed by atoms with Crippen LogP contribution in [0.3, 0.4) is 0 Å². The summed E-state index contributed by atoms with van der Waals surface area (Å²) >= 11 is 0. The number of hydrogen-bond acceptors (Lipinski definition) is 4. The Hall–Kier alpha value is -2.81. The third-order valence-corrected chi connectivity index (χ3v) is 3.63. The third-order valence-electron chi connectivity index (χ3n) is 3.63. The second kappa shape index (κ2) is 8.05. The fraction of sp³-hybridized carbons (Fsp3) is 0.294. The minimum Gasteiger partial charge on any atom is -0.468 e. The van der Waals surface area contributed by atoms with Gasteiger partial charge in [0.1, 0.15) is 5.76 Å². The maximum absolute atomic E-state index is 12.5. The number of rotatable bonds is 5. The molecule has 1 heterocycles. The predicted octanol–water partition coefficient (Wildman–Crippen LogP) is 2.66. The normalized spacial score (nSPS) is 12.7. The number of amides is 2. The van der Waals surface area contributed by atoms with Crippen molar-refractivity contribution >= 4 is 17.5 Å². The second-order valence-corrected chi connectivity index (χ2v) is 5.73. The van der Waals surface area contributed by atoms with Gasteiger partial charge in [-0.3, -0.25) is 14.5 Å². The molecule has 26 heavy (non-hydrogen) atoms. The summed E-state index contributed by atoms with van der Waals surface area (Å²) in [7, 11) is 3.59. The van der Waals surface area contributed by atoms with Gasteiger partial charge in [0, 0.05) is 12.2 Å². The summed E-state index contributed by atoms with van der Waals surface area (Å²) in [4.78, 5) is 25.6. The Kier molecular flexibility index (Phi) is 6.04. The molecule has 0 bridgehead atoms. The average Bonchev–Trinajstić information content (AvgIpc) is 3.08. The molecular formula is C17H18F3N3O3. The van der Waals surface area contributed by atoms with Gasteiger partial charge in [0.25, 0.3) is 0 Å². The van der Waals surface area contributed by atoms with Gasteiger partial charge in [-0.05, 0) is 50.5 Å². The summed E-state index contributed by atoms with van der Waals surface area (Å²) < 4.78 is 42.8. The van der Waals surface area contributed by atoms with Crippen LogP contribution in [0.15, 0.2) is 47.1 Å². The highest BCUT2D eigenvalue weighted by Crippen LogP contribution is 2.29. The summed E-state index contributed by atoms with van der Waals surface area (Å²) in [6.45, 7) is 0.125. The molecule has 1 aromatic heterocycles. The Balaban J connectivity index is 1.92. The number of benzene rings is 1. The molecular weight excluding hydrogens is 351 g/mol. The molecule has 140 valence electrons. The standard InChI is InChI=1S/C17H18F3N3O3/c1-23(2)13(14-4-3-9-26-14)10-21-15(24)16(25)22-12-7-5-11(6-8-12)17(18,19)20/h3-9,13H,10H2,1-2H3,(H,21,24)(H,22,25)/t13-/m0/s1. The highest BCUT2D eigenvalue weighted by Gasteiger charge is 2.30. The van der Waals surface area contributed by atoms with E-state index in [2.05, 4.69) is 10.6 Å². The van der Waals surface area contributed by atoms with E-state index in [1.807, 2.05) is 4.90 Å². The number of likely N-dealkylation sites (N-methyl/N-ethyl adjacent to an activating group) is 1. The molecule has 0 unspecified atom stereocenters. The van der Waals surface area contributed by atoms with Crippen molar-refractivity contribution in [2.24, 2.45) is 0 Å². The van der Waals surface area contributed by atoms with Gasteiger partial charge in [-0.25, -0.2) is 0 Å². The molecule has 0 aliphatic heterocycles. The second-order valence-electron chi connectivity index (χ2n) is 5.73. The third kappa shape index (κ3) is 5.09. The van der Waals surface area contributed by atoms with Crippen molar-refractivity contribution < 1.29 is 27.2 Å². The van der Waals surface area contributed by atoms with E-state index in [-0.39, 0.29) is 18.3 Å². The van der Waals surface area contributed by atoms with Crippen LogP contribution in [0.25, 0.3) is 0 Å². The van der Waals surface area contributed by atoms with Crippen LogP contribution in [0.1, 0.15) is 17.4 Å². The van der Waals surface area contributed by atoms with E-state index in [1.165, 1.54) is 6.26 Å². The Morgan fingerprint density at radius 1 is 1.12 bits per heavy atom. The average molecular weight is 369 g/mol. The lowest BCUT2D eigenvalue weighted by Gasteiger charge is -2.22. The Morgan fingerprint density at radius 3 is 2.27 bits per heavy atom. The summed E-state index contributed by atoms with van der Waals surface area (Å²) in [5.74, 6) is -1.25. The number of carbonyl (C=O) groups is 2. The van der Waals surface area contributed by atoms with Gasteiger partial charge >= 0.3 is 18.0 Å². The fourth-order valence-electron chi connectivity index (χ4n) is 2.22. The van der Waals surface area contributed by atoms with E-state index in [0.29, 0.717) is 5.76 Å². The van der Waals surface area contributed by atoms with Crippen molar-refractivity contribution in [3.05, 3.63) is 54.0 Å². The maximum atomic E-state index is 12.5. The molecule has 0 aliphatic rings. The number of hydrogen-bond donors (Lipinski definition) is 2. The summed E-state index contributed by atoms with van der Waals surface area (Å²) in [5.41, 5.74) is -0.749. The van der Waals surface area contributed by atoms with E-state index in [0.717, 1.165) is 24.3 Å². The molecule has 0 saturated carbocycles. The molecule has 2 rings (SSSR count). The number of nitrogens with zero attached hydrogens (tertiary/aromatic N) is 1. The molecule has 0 radical (unpaired) electrons. The number of nitrogens with one attached hydrogen (secondary N) is 2. The molecule has 9 heteroatoms. The molecule has 0 spiro atoms. The van der Waals surface area contributed by atoms with Crippen LogP contribution < -0.4 is 10.6 Å². The highest BCUT2D eigenvalue weighted by molar-refractivity contribution is 6.39. The molecule has 0 saturated heterocycles. The monoisotopic (exact) mass is 369 g/mol. The van der Waals surface area contributed by atoms with E-state index >= 15 is 0 Å². The molecule has 0 fully saturated rings. The molecule has 0 aliphatic carbocycles. The number of halogens is 3. The van der Waals surface area contributed by atoms with Crippen LogP contribution in [0.4, 0.5) is 18.9 Å². The summed E-state index contributed by atoms with van der Waals surface area (Å²) in [6.07, 6.45) is -2.96. The fourth-order valence-corrected chi connectivity index (χ4v) is 2.22. The Bertz CT molecular complexity index is 741. The number of furan rings is 1. The maximum Gasteiger partial charge on any atom is 0.416 e. The van der Waals surface area contributed by atoms with Gasteiger partial charge in [0.2, 0.25) is 0 Å². The van der Waals surface area contributed by atoms with Gasteiger partial charge in [-0.15, -0.1) is 0 Å². The molecule has 2 aromatic rings. The zero-order valence-corrected chi connectivity index (χ0v) is 14.1. The SMILES string of the molecule is CN(C)[C@@H](CNC(=O)C(=O)Nc1ccc(C(F)(F)F)cc1)c1ccco1. The zero-order valence-electron chi connectivity index (χ0n) is 14.1. The molecule has 2 N–H and O–H groups in total. The lowest BCUT2D eigenvalue weighted by molar-refractivity contribution is -0.137. The smallest absolute Gasteiger partial charge is 0.416 e. The topological polar surface area (TPSA) is 74.6 Å². The van der Waals surface area contributed by atoms with Gasteiger partial charge in [-0.2, -0.15) is 13.2 Å². The van der Waals surface area contributed by atoms with Gasteiger partial charge in [-0.1, -0.05) is 0 Å². The van der Waals surface area contributed by atoms with Crippen LogP contribution >= 0.6 is 0 Å².